The van der Waals surface area contributed by atoms with E-state index in [4.69, 9.17) is 0 Å². The number of carbonyl (C=O) groups excluding carboxylic acids is 1. The smallest absolute Gasteiger partial charge is 0.405 e. The number of para-hydroxylation sites is 1. The van der Waals surface area contributed by atoms with Gasteiger partial charge in [-0.1, -0.05) is 12.1 Å². The predicted octanol–water partition coefficient (Wildman–Crippen LogP) is 2.59. The van der Waals surface area contributed by atoms with Crippen LogP contribution in [0.4, 0.5) is 26.3 Å². The Bertz CT molecular complexity index is 876. The molecule has 6 nitrogen and oxygen atoms in total. The summed E-state index contributed by atoms with van der Waals surface area (Å²) in [5.74, 6) is -1.70. The number of benzene rings is 1. The molecule has 0 fully saturated rings. The summed E-state index contributed by atoms with van der Waals surface area (Å²) < 4.78 is 79.1. The number of hydrogen-bond acceptors (Lipinski definition) is 4. The van der Waals surface area contributed by atoms with E-state index in [0.29, 0.717) is 16.8 Å². The Balaban J connectivity index is 2.07. The molecule has 0 aliphatic heterocycles. The summed E-state index contributed by atoms with van der Waals surface area (Å²) in [5, 5.41) is 5.33. The number of amides is 1. The van der Waals surface area contributed by atoms with Gasteiger partial charge in [0.15, 0.2) is 5.69 Å². The number of rotatable bonds is 5. The third-order valence-electron chi connectivity index (χ3n) is 3.12. The van der Waals surface area contributed by atoms with Gasteiger partial charge < -0.3 is 10.1 Å². The van der Waals surface area contributed by atoms with Gasteiger partial charge in [0, 0.05) is 12.6 Å². The van der Waals surface area contributed by atoms with Gasteiger partial charge in [0.05, 0.1) is 12.1 Å². The van der Waals surface area contributed by atoms with E-state index in [2.05, 4.69) is 15.2 Å². The first-order chi connectivity index (χ1) is 12.5. The number of ether oxygens (including phenoxy) is 1. The van der Waals surface area contributed by atoms with Crippen LogP contribution in [0.25, 0.3) is 0 Å². The molecule has 0 saturated heterocycles. The molecule has 0 radical (unpaired) electrons. The second kappa shape index (κ2) is 7.68. The first kappa shape index (κ1) is 20.3. The van der Waals surface area contributed by atoms with Gasteiger partial charge in [-0.2, -0.15) is 18.3 Å². The Kier molecular flexibility index (Phi) is 5.76. The molecule has 12 heteroatoms. The molecule has 0 atom stereocenters. The van der Waals surface area contributed by atoms with E-state index in [1.807, 2.05) is 0 Å². The van der Waals surface area contributed by atoms with Crippen LogP contribution in [0.5, 0.6) is 5.75 Å². The van der Waals surface area contributed by atoms with Crippen LogP contribution in [0.3, 0.4) is 0 Å². The molecule has 146 valence electrons. The quantitative estimate of drug-likeness (QED) is 0.790. The van der Waals surface area contributed by atoms with Gasteiger partial charge in [0.1, 0.15) is 5.75 Å². The van der Waals surface area contributed by atoms with Crippen molar-refractivity contribution in [1.29, 1.82) is 0 Å². The first-order valence-corrected chi connectivity index (χ1v) is 7.26. The van der Waals surface area contributed by atoms with Crippen LogP contribution in [-0.4, -0.2) is 28.6 Å². The van der Waals surface area contributed by atoms with Crippen molar-refractivity contribution in [2.24, 2.45) is 0 Å². The van der Waals surface area contributed by atoms with E-state index in [1.54, 1.807) is 0 Å². The fourth-order valence-corrected chi connectivity index (χ4v) is 2.00. The number of nitrogens with one attached hydrogen (secondary N) is 1. The maximum Gasteiger partial charge on any atom is 0.573 e. The Labute approximate surface area is 147 Å². The molecule has 0 saturated carbocycles. The lowest BCUT2D eigenvalue weighted by molar-refractivity contribution is -0.274. The highest BCUT2D eigenvalue weighted by atomic mass is 19.4. The zero-order chi connectivity index (χ0) is 20.2. The molecule has 1 heterocycles. The second-order valence-corrected chi connectivity index (χ2v) is 5.08. The van der Waals surface area contributed by atoms with E-state index in [1.165, 1.54) is 12.1 Å². The van der Waals surface area contributed by atoms with Crippen LogP contribution in [0, 0.1) is 0 Å². The molecule has 27 heavy (non-hydrogen) atoms. The molecular weight excluding hydrogens is 384 g/mol. The lowest BCUT2D eigenvalue weighted by Gasteiger charge is -2.13. The van der Waals surface area contributed by atoms with E-state index < -0.39 is 47.6 Å². The summed E-state index contributed by atoms with van der Waals surface area (Å²) in [5.41, 5.74) is -2.56. The minimum atomic E-state index is -5.01. The summed E-state index contributed by atoms with van der Waals surface area (Å²) in [6.07, 6.45) is -9.77. The highest BCUT2D eigenvalue weighted by Gasteiger charge is 2.34. The second-order valence-electron chi connectivity index (χ2n) is 5.08. The van der Waals surface area contributed by atoms with Gasteiger partial charge in [-0.05, 0) is 18.2 Å². The standard InChI is InChI=1S/C15H11F6N3O3/c16-14(17,18)11-5-6-12(25)24(23-11)8-7-22-13(26)9-3-1-2-4-10(9)27-15(19,20)21/h1-6H,7-8H2,(H,22,26). The lowest BCUT2D eigenvalue weighted by Crippen LogP contribution is -2.33. The molecule has 0 bridgehead atoms. The van der Waals surface area contributed by atoms with Gasteiger partial charge >= 0.3 is 12.5 Å². The molecule has 0 aliphatic carbocycles. The Morgan fingerprint density at radius 1 is 1.07 bits per heavy atom. The van der Waals surface area contributed by atoms with Gasteiger partial charge in [-0.3, -0.25) is 9.59 Å². The molecule has 1 aromatic heterocycles. The fourth-order valence-electron chi connectivity index (χ4n) is 2.00. The largest absolute Gasteiger partial charge is 0.573 e. The van der Waals surface area contributed by atoms with Crippen molar-refractivity contribution < 1.29 is 35.9 Å². The van der Waals surface area contributed by atoms with Gasteiger partial charge in [-0.15, -0.1) is 13.2 Å². The zero-order valence-corrected chi connectivity index (χ0v) is 13.3. The van der Waals surface area contributed by atoms with Crippen LogP contribution in [0.15, 0.2) is 41.2 Å². The predicted molar refractivity (Wildman–Crippen MR) is 79.0 cm³/mol. The Hall–Kier alpha value is -3.05. The SMILES string of the molecule is O=C(NCCn1nc(C(F)(F)F)ccc1=O)c1ccccc1OC(F)(F)F. The van der Waals surface area contributed by atoms with Crippen molar-refractivity contribution >= 4 is 5.91 Å². The molecule has 0 aliphatic rings. The molecule has 0 unspecified atom stereocenters. The average molecular weight is 395 g/mol. The summed E-state index contributed by atoms with van der Waals surface area (Å²) in [6.45, 7) is -0.774. The molecule has 1 N–H and O–H groups in total. The molecule has 2 aromatic rings. The Morgan fingerprint density at radius 3 is 2.37 bits per heavy atom. The number of carbonyl (C=O) groups is 1. The van der Waals surface area contributed by atoms with Crippen LogP contribution < -0.4 is 15.6 Å². The minimum Gasteiger partial charge on any atom is -0.405 e. The summed E-state index contributed by atoms with van der Waals surface area (Å²) in [4.78, 5) is 23.5. The van der Waals surface area contributed by atoms with E-state index in [0.717, 1.165) is 12.1 Å². The van der Waals surface area contributed by atoms with Gasteiger partial charge in [0.25, 0.3) is 11.5 Å². The maximum absolute atomic E-state index is 12.6. The maximum atomic E-state index is 12.6. The van der Waals surface area contributed by atoms with Gasteiger partial charge in [-0.25, -0.2) is 4.68 Å². The average Bonchev–Trinajstić information content (AvgIpc) is 2.54. The van der Waals surface area contributed by atoms with E-state index >= 15 is 0 Å². The van der Waals surface area contributed by atoms with Crippen molar-refractivity contribution in [2.45, 2.75) is 19.1 Å². The highest BCUT2D eigenvalue weighted by molar-refractivity contribution is 5.96. The van der Waals surface area contributed by atoms with Crippen LogP contribution in [-0.2, 0) is 12.7 Å². The molecule has 1 aromatic carbocycles. The van der Waals surface area contributed by atoms with Crippen LogP contribution in [0.2, 0.25) is 0 Å². The fraction of sp³-hybridized carbons (Fsp3) is 0.267. The van der Waals surface area contributed by atoms with E-state index in [9.17, 15) is 35.9 Å². The molecule has 0 spiro atoms. The monoisotopic (exact) mass is 395 g/mol. The molecular formula is C15H11F6N3O3. The number of halogens is 6. The van der Waals surface area contributed by atoms with Crippen molar-refractivity contribution in [3.05, 3.63) is 58.0 Å². The number of alkyl halides is 6. The molecule has 2 rings (SSSR count). The summed E-state index contributed by atoms with van der Waals surface area (Å²) in [6, 6.07) is 5.72. The third-order valence-corrected chi connectivity index (χ3v) is 3.12. The van der Waals surface area contributed by atoms with Crippen molar-refractivity contribution in [3.8, 4) is 5.75 Å². The molecule has 1 amide bonds. The van der Waals surface area contributed by atoms with Crippen molar-refractivity contribution in [3.63, 3.8) is 0 Å². The lowest BCUT2D eigenvalue weighted by atomic mass is 10.2. The summed E-state index contributed by atoms with van der Waals surface area (Å²) in [7, 11) is 0. The normalized spacial score (nSPS) is 11.9. The van der Waals surface area contributed by atoms with Gasteiger partial charge in [0.2, 0.25) is 0 Å². The Morgan fingerprint density at radius 2 is 1.74 bits per heavy atom. The number of aromatic nitrogens is 2. The summed E-state index contributed by atoms with van der Waals surface area (Å²) >= 11 is 0. The van der Waals surface area contributed by atoms with E-state index in [-0.39, 0.29) is 6.54 Å². The van der Waals surface area contributed by atoms with Crippen molar-refractivity contribution in [1.82, 2.24) is 15.1 Å². The first-order valence-electron chi connectivity index (χ1n) is 7.26. The van der Waals surface area contributed by atoms with Crippen molar-refractivity contribution in [2.75, 3.05) is 6.54 Å². The number of hydrogen-bond donors (Lipinski definition) is 1. The third kappa shape index (κ3) is 5.72. The van der Waals surface area contributed by atoms with Crippen LogP contribution >= 0.6 is 0 Å². The highest BCUT2D eigenvalue weighted by Crippen LogP contribution is 2.27. The van der Waals surface area contributed by atoms with Crippen LogP contribution in [0.1, 0.15) is 16.1 Å². The topological polar surface area (TPSA) is 73.2 Å². The number of nitrogens with zero attached hydrogens (tertiary/aromatic N) is 2. The zero-order valence-electron chi connectivity index (χ0n) is 13.3. The minimum absolute atomic E-state index is 0.354.